The molecule has 0 spiro atoms. The Morgan fingerprint density at radius 1 is 0.914 bits per heavy atom. The minimum atomic E-state index is -0.464. The summed E-state index contributed by atoms with van der Waals surface area (Å²) in [7, 11) is 3.01. The molecular formula is C26H24N4O5. The number of nitrogens with zero attached hydrogens (tertiary/aromatic N) is 3. The third kappa shape index (κ3) is 5.03. The molecule has 2 heterocycles. The Balaban J connectivity index is 1.82. The molecule has 2 aromatic carbocycles. The Morgan fingerprint density at radius 3 is 2.31 bits per heavy atom. The average Bonchev–Trinajstić information content (AvgIpc) is 2.87. The van der Waals surface area contributed by atoms with Crippen LogP contribution < -0.4 is 19.5 Å². The molecule has 4 aromatic rings. The van der Waals surface area contributed by atoms with Crippen LogP contribution in [0.3, 0.4) is 0 Å². The second-order valence-electron chi connectivity index (χ2n) is 7.84. The van der Waals surface area contributed by atoms with Gasteiger partial charge in [-0.3, -0.25) is 14.6 Å². The van der Waals surface area contributed by atoms with Crippen molar-refractivity contribution in [2.45, 2.75) is 20.0 Å². The first-order valence-electron chi connectivity index (χ1n) is 10.8. The van der Waals surface area contributed by atoms with Gasteiger partial charge in [0, 0.05) is 28.7 Å². The summed E-state index contributed by atoms with van der Waals surface area (Å²) >= 11 is 0. The van der Waals surface area contributed by atoms with Crippen LogP contribution in [0.5, 0.6) is 17.2 Å². The zero-order valence-electron chi connectivity index (χ0n) is 19.7. The molecule has 0 bridgehead atoms. The van der Waals surface area contributed by atoms with E-state index in [-0.39, 0.29) is 23.3 Å². The predicted octanol–water partition coefficient (Wildman–Crippen LogP) is 4.31. The van der Waals surface area contributed by atoms with E-state index in [4.69, 9.17) is 14.2 Å². The standard InChI is InChI=1S/C26H24N4O5/c1-15(2)35-17-7-5-6-16(10-17)25(31)24-19-12-23(34-4)22(33-3)11-18(19)20(14-29-24)30-26(32)21-13-27-8-9-28-21/h5-15H,1-4H3,(H,30,32). The van der Waals surface area contributed by atoms with Gasteiger partial charge >= 0.3 is 0 Å². The van der Waals surface area contributed by atoms with E-state index < -0.39 is 5.91 Å². The van der Waals surface area contributed by atoms with Crippen molar-refractivity contribution in [2.24, 2.45) is 0 Å². The first-order chi connectivity index (χ1) is 16.9. The van der Waals surface area contributed by atoms with Gasteiger partial charge in [0.2, 0.25) is 5.78 Å². The fourth-order valence-electron chi connectivity index (χ4n) is 3.57. The van der Waals surface area contributed by atoms with Gasteiger partial charge in [0.25, 0.3) is 5.91 Å². The van der Waals surface area contributed by atoms with Crippen molar-refractivity contribution in [2.75, 3.05) is 19.5 Å². The second kappa shape index (κ2) is 10.2. The largest absolute Gasteiger partial charge is 0.493 e. The van der Waals surface area contributed by atoms with E-state index in [1.54, 1.807) is 36.4 Å². The van der Waals surface area contributed by atoms with E-state index in [2.05, 4.69) is 20.3 Å². The SMILES string of the molecule is COc1cc2c(NC(=O)c3cnccn3)cnc(C(=O)c3cccc(OC(C)C)c3)c2cc1OC. The van der Waals surface area contributed by atoms with Crippen LogP contribution in [0.1, 0.15) is 40.4 Å². The van der Waals surface area contributed by atoms with Crippen molar-refractivity contribution >= 4 is 28.2 Å². The highest BCUT2D eigenvalue weighted by Gasteiger charge is 2.21. The number of methoxy groups -OCH3 is 2. The zero-order chi connectivity index (χ0) is 24.9. The average molecular weight is 473 g/mol. The fraction of sp³-hybridized carbons (Fsp3) is 0.192. The van der Waals surface area contributed by atoms with E-state index >= 15 is 0 Å². The van der Waals surface area contributed by atoms with E-state index in [0.29, 0.717) is 39.3 Å². The number of hydrogen-bond acceptors (Lipinski definition) is 8. The summed E-state index contributed by atoms with van der Waals surface area (Å²) in [5, 5.41) is 3.83. The molecule has 0 atom stereocenters. The summed E-state index contributed by atoms with van der Waals surface area (Å²) in [5.41, 5.74) is 1.14. The number of carbonyl (C=O) groups excluding carboxylic acids is 2. The highest BCUT2D eigenvalue weighted by atomic mass is 16.5. The number of aromatic nitrogens is 3. The number of fused-ring (bicyclic) bond motifs is 1. The maximum absolute atomic E-state index is 13.5. The minimum Gasteiger partial charge on any atom is -0.493 e. The lowest BCUT2D eigenvalue weighted by molar-refractivity contribution is 0.101. The topological polar surface area (TPSA) is 113 Å². The van der Waals surface area contributed by atoms with Crippen LogP contribution in [-0.2, 0) is 0 Å². The van der Waals surface area contributed by atoms with Gasteiger partial charge in [0.1, 0.15) is 17.1 Å². The molecule has 0 aliphatic heterocycles. The van der Waals surface area contributed by atoms with Crippen LogP contribution in [0, 0.1) is 0 Å². The molecule has 9 nitrogen and oxygen atoms in total. The van der Waals surface area contributed by atoms with Crippen molar-refractivity contribution < 1.29 is 23.8 Å². The Bertz CT molecular complexity index is 1390. The number of amides is 1. The quantitative estimate of drug-likeness (QED) is 0.378. The lowest BCUT2D eigenvalue weighted by Gasteiger charge is -2.15. The monoisotopic (exact) mass is 472 g/mol. The smallest absolute Gasteiger partial charge is 0.275 e. The molecule has 178 valence electrons. The number of nitrogens with one attached hydrogen (secondary N) is 1. The molecule has 0 aliphatic carbocycles. The summed E-state index contributed by atoms with van der Waals surface area (Å²) < 4.78 is 16.6. The molecule has 4 rings (SSSR count). The van der Waals surface area contributed by atoms with E-state index in [1.165, 1.54) is 39.0 Å². The lowest BCUT2D eigenvalue weighted by Crippen LogP contribution is -2.15. The molecule has 0 fully saturated rings. The first kappa shape index (κ1) is 23.6. The lowest BCUT2D eigenvalue weighted by atomic mass is 10.0. The molecule has 0 saturated heterocycles. The predicted molar refractivity (Wildman–Crippen MR) is 130 cm³/mol. The van der Waals surface area contributed by atoms with Crippen molar-refractivity contribution in [3.8, 4) is 17.2 Å². The van der Waals surface area contributed by atoms with Gasteiger partial charge in [0.15, 0.2) is 11.5 Å². The summed E-state index contributed by atoms with van der Waals surface area (Å²) in [6.45, 7) is 3.83. The number of anilines is 1. The van der Waals surface area contributed by atoms with Crippen molar-refractivity contribution in [3.05, 3.63) is 78.1 Å². The van der Waals surface area contributed by atoms with Gasteiger partial charge in [-0.1, -0.05) is 12.1 Å². The Hall–Kier alpha value is -4.53. The van der Waals surface area contributed by atoms with E-state index in [9.17, 15) is 9.59 Å². The van der Waals surface area contributed by atoms with Gasteiger partial charge in [-0.05, 0) is 38.1 Å². The molecule has 0 unspecified atom stereocenters. The van der Waals surface area contributed by atoms with Crippen molar-refractivity contribution in [1.82, 2.24) is 15.0 Å². The van der Waals surface area contributed by atoms with E-state index in [0.717, 1.165) is 0 Å². The van der Waals surface area contributed by atoms with Gasteiger partial charge in [-0.15, -0.1) is 0 Å². The molecule has 2 aromatic heterocycles. The number of ether oxygens (including phenoxy) is 3. The van der Waals surface area contributed by atoms with Gasteiger partial charge in [0.05, 0.1) is 38.4 Å². The third-order valence-electron chi connectivity index (χ3n) is 5.12. The summed E-state index contributed by atoms with van der Waals surface area (Å²) in [6, 6.07) is 10.3. The maximum Gasteiger partial charge on any atom is 0.275 e. The molecule has 35 heavy (non-hydrogen) atoms. The second-order valence-corrected chi connectivity index (χ2v) is 7.84. The van der Waals surface area contributed by atoms with Gasteiger partial charge < -0.3 is 19.5 Å². The van der Waals surface area contributed by atoms with Crippen LogP contribution in [0.4, 0.5) is 5.69 Å². The third-order valence-corrected chi connectivity index (χ3v) is 5.12. The number of pyridine rings is 1. The maximum atomic E-state index is 13.5. The Labute approximate surface area is 202 Å². The number of benzene rings is 2. The fourth-order valence-corrected chi connectivity index (χ4v) is 3.57. The zero-order valence-corrected chi connectivity index (χ0v) is 19.7. The molecule has 0 aliphatic rings. The summed E-state index contributed by atoms with van der Waals surface area (Å²) in [4.78, 5) is 38.6. The van der Waals surface area contributed by atoms with Crippen LogP contribution in [0.15, 0.2) is 61.2 Å². The van der Waals surface area contributed by atoms with Crippen LogP contribution in [-0.4, -0.2) is 47.0 Å². The van der Waals surface area contributed by atoms with Crippen LogP contribution in [0.25, 0.3) is 10.8 Å². The Morgan fingerprint density at radius 2 is 1.66 bits per heavy atom. The highest BCUT2D eigenvalue weighted by molar-refractivity contribution is 6.18. The van der Waals surface area contributed by atoms with Crippen molar-refractivity contribution in [3.63, 3.8) is 0 Å². The summed E-state index contributed by atoms with van der Waals surface area (Å²) in [6.07, 6.45) is 5.67. The molecule has 1 N–H and O–H groups in total. The Kier molecular flexibility index (Phi) is 6.86. The molecule has 9 heteroatoms. The highest BCUT2D eigenvalue weighted by Crippen LogP contribution is 2.37. The van der Waals surface area contributed by atoms with Crippen LogP contribution >= 0.6 is 0 Å². The molecule has 0 radical (unpaired) electrons. The summed E-state index contributed by atoms with van der Waals surface area (Å²) in [5.74, 6) is 0.677. The minimum absolute atomic E-state index is 0.0340. The normalized spacial score (nSPS) is 10.8. The van der Waals surface area contributed by atoms with Crippen LogP contribution in [0.2, 0.25) is 0 Å². The molecule has 0 saturated carbocycles. The first-order valence-corrected chi connectivity index (χ1v) is 10.8. The van der Waals surface area contributed by atoms with Gasteiger partial charge in [-0.25, -0.2) is 9.97 Å². The number of rotatable bonds is 8. The van der Waals surface area contributed by atoms with Crippen molar-refractivity contribution in [1.29, 1.82) is 0 Å². The number of hydrogen-bond donors (Lipinski definition) is 1. The van der Waals surface area contributed by atoms with Gasteiger partial charge in [-0.2, -0.15) is 0 Å². The molecular weight excluding hydrogens is 448 g/mol. The van der Waals surface area contributed by atoms with E-state index in [1.807, 2.05) is 13.8 Å². The number of ketones is 1. The molecule has 1 amide bonds. The number of carbonyl (C=O) groups is 2.